The Labute approximate surface area is 123 Å². The van der Waals surface area contributed by atoms with E-state index in [4.69, 9.17) is 16.2 Å². The van der Waals surface area contributed by atoms with Crippen molar-refractivity contribution >= 4 is 27.9 Å². The number of thiophene rings is 1. The van der Waals surface area contributed by atoms with Crippen LogP contribution in [0.1, 0.15) is 49.7 Å². The van der Waals surface area contributed by atoms with Crippen molar-refractivity contribution in [3.05, 3.63) is 4.88 Å². The molecule has 6 heteroatoms. The Kier molecular flexibility index (Phi) is 4.13. The number of amides is 1. The summed E-state index contributed by atoms with van der Waals surface area (Å²) in [6.07, 6.45) is 3.73. The molecule has 0 unspecified atom stereocenters. The average molecular weight is 297 g/mol. The minimum atomic E-state index is -0.510. The summed E-state index contributed by atoms with van der Waals surface area (Å²) in [5.41, 5.74) is 12.0. The molecule has 2 rings (SSSR count). The number of nitrogens with two attached hydrogens (primary N) is 2. The molecule has 0 aromatic carbocycles. The number of nitrogen functional groups attached to an aromatic ring is 1. The summed E-state index contributed by atoms with van der Waals surface area (Å²) in [5, 5.41) is 4.19. The van der Waals surface area contributed by atoms with Crippen molar-refractivity contribution < 1.29 is 9.53 Å². The van der Waals surface area contributed by atoms with E-state index in [1.807, 2.05) is 13.8 Å². The molecule has 1 aromatic rings. The van der Waals surface area contributed by atoms with E-state index >= 15 is 0 Å². The fraction of sp³-hybridized carbons (Fsp3) is 0.643. The highest BCUT2D eigenvalue weighted by atomic mass is 32.1. The van der Waals surface area contributed by atoms with Gasteiger partial charge in [0, 0.05) is 6.54 Å². The molecule has 1 aromatic heterocycles. The first-order valence-corrected chi connectivity index (χ1v) is 7.76. The number of carbonyl (C=O) groups is 1. The van der Waals surface area contributed by atoms with E-state index in [0.29, 0.717) is 21.7 Å². The highest BCUT2D eigenvalue weighted by Crippen LogP contribution is 2.45. The summed E-state index contributed by atoms with van der Waals surface area (Å²) in [6, 6.07) is 0. The minimum Gasteiger partial charge on any atom is -0.486 e. The van der Waals surface area contributed by atoms with Gasteiger partial charge in [-0.2, -0.15) is 0 Å². The van der Waals surface area contributed by atoms with Crippen LogP contribution in [-0.4, -0.2) is 18.6 Å². The summed E-state index contributed by atoms with van der Waals surface area (Å²) in [7, 11) is 0. The van der Waals surface area contributed by atoms with Crippen LogP contribution in [0.5, 0.6) is 5.75 Å². The van der Waals surface area contributed by atoms with Crippen molar-refractivity contribution in [1.82, 2.24) is 0 Å². The van der Waals surface area contributed by atoms with Gasteiger partial charge in [-0.3, -0.25) is 4.79 Å². The lowest BCUT2D eigenvalue weighted by atomic mass is 9.70. The van der Waals surface area contributed by atoms with Crippen molar-refractivity contribution in [3.63, 3.8) is 0 Å². The van der Waals surface area contributed by atoms with Gasteiger partial charge < -0.3 is 21.5 Å². The number of ether oxygens (including phenoxy) is 1. The molecule has 0 radical (unpaired) electrons. The summed E-state index contributed by atoms with van der Waals surface area (Å²) >= 11 is 1.28. The first-order chi connectivity index (χ1) is 9.32. The molecule has 1 fully saturated rings. The Morgan fingerprint density at radius 1 is 1.50 bits per heavy atom. The van der Waals surface area contributed by atoms with E-state index < -0.39 is 5.91 Å². The molecule has 0 spiro atoms. The summed E-state index contributed by atoms with van der Waals surface area (Å²) in [6.45, 7) is 6.98. The van der Waals surface area contributed by atoms with Crippen LogP contribution >= 0.6 is 11.3 Å². The number of hydrogen-bond acceptors (Lipinski definition) is 5. The molecule has 5 N–H and O–H groups in total. The minimum absolute atomic E-state index is 0.00698. The van der Waals surface area contributed by atoms with Crippen molar-refractivity contribution in [2.24, 2.45) is 11.1 Å². The number of rotatable bonds is 6. The molecule has 1 amide bonds. The van der Waals surface area contributed by atoms with E-state index in [9.17, 15) is 4.79 Å². The van der Waals surface area contributed by atoms with Gasteiger partial charge in [-0.1, -0.05) is 13.3 Å². The SMILES string of the molecule is CC(C)Oc1c(NCC2(C)CCC2)sc(C(N)=O)c1N. The van der Waals surface area contributed by atoms with Crippen LogP contribution in [-0.2, 0) is 0 Å². The average Bonchev–Trinajstić information content (AvgIpc) is 2.62. The molecule has 0 atom stereocenters. The van der Waals surface area contributed by atoms with Crippen LogP contribution < -0.4 is 21.5 Å². The maximum absolute atomic E-state index is 11.4. The third-order valence-corrected chi connectivity index (χ3v) is 4.87. The summed E-state index contributed by atoms with van der Waals surface area (Å²) in [4.78, 5) is 11.8. The zero-order valence-corrected chi connectivity index (χ0v) is 13.1. The van der Waals surface area contributed by atoms with Crippen LogP contribution in [0.15, 0.2) is 0 Å². The van der Waals surface area contributed by atoms with Gasteiger partial charge in [0.05, 0.1) is 6.10 Å². The monoisotopic (exact) mass is 297 g/mol. The fourth-order valence-electron chi connectivity index (χ4n) is 2.33. The van der Waals surface area contributed by atoms with Crippen LogP contribution in [0.2, 0.25) is 0 Å². The number of anilines is 2. The predicted octanol–water partition coefficient (Wildman–Crippen LogP) is 2.82. The molecule has 1 saturated carbocycles. The van der Waals surface area contributed by atoms with Crippen molar-refractivity contribution in [1.29, 1.82) is 0 Å². The molecular weight excluding hydrogens is 274 g/mol. The maximum atomic E-state index is 11.4. The third kappa shape index (κ3) is 3.00. The Bertz CT molecular complexity index is 507. The highest BCUT2D eigenvalue weighted by Gasteiger charge is 2.32. The van der Waals surface area contributed by atoms with Gasteiger partial charge in [0.2, 0.25) is 0 Å². The second-order valence-corrected chi connectivity index (χ2v) is 7.07. The van der Waals surface area contributed by atoms with E-state index in [2.05, 4.69) is 12.2 Å². The molecular formula is C14H23N3O2S. The van der Waals surface area contributed by atoms with Gasteiger partial charge in [0.25, 0.3) is 5.91 Å². The second kappa shape index (κ2) is 5.52. The standard InChI is InChI=1S/C14H23N3O2S/c1-8(2)19-10-9(15)11(12(16)18)20-13(10)17-7-14(3)5-4-6-14/h8,17H,4-7,15H2,1-3H3,(H2,16,18). The third-order valence-electron chi connectivity index (χ3n) is 3.71. The van der Waals surface area contributed by atoms with E-state index in [1.165, 1.54) is 30.6 Å². The number of hydrogen-bond donors (Lipinski definition) is 3. The van der Waals surface area contributed by atoms with Gasteiger partial charge in [-0.25, -0.2) is 0 Å². The van der Waals surface area contributed by atoms with E-state index in [-0.39, 0.29) is 6.10 Å². The van der Waals surface area contributed by atoms with Gasteiger partial charge in [-0.05, 0) is 32.1 Å². The summed E-state index contributed by atoms with van der Waals surface area (Å²) in [5.74, 6) is 0.0470. The number of carbonyl (C=O) groups excluding carboxylic acids is 1. The van der Waals surface area contributed by atoms with Gasteiger partial charge in [0.15, 0.2) is 5.75 Å². The summed E-state index contributed by atoms with van der Waals surface area (Å²) < 4.78 is 5.74. The quantitative estimate of drug-likeness (QED) is 0.753. The highest BCUT2D eigenvalue weighted by molar-refractivity contribution is 7.19. The lowest BCUT2D eigenvalue weighted by Crippen LogP contribution is -2.33. The smallest absolute Gasteiger partial charge is 0.261 e. The lowest BCUT2D eigenvalue weighted by Gasteiger charge is -2.38. The van der Waals surface area contributed by atoms with Gasteiger partial charge in [0.1, 0.15) is 15.6 Å². The molecule has 5 nitrogen and oxygen atoms in total. The van der Waals surface area contributed by atoms with Crippen LogP contribution in [0.25, 0.3) is 0 Å². The largest absolute Gasteiger partial charge is 0.486 e. The van der Waals surface area contributed by atoms with Crippen LogP contribution in [0.3, 0.4) is 0 Å². The van der Waals surface area contributed by atoms with Gasteiger partial charge in [-0.15, -0.1) is 11.3 Å². The van der Waals surface area contributed by atoms with Crippen LogP contribution in [0, 0.1) is 5.41 Å². The molecule has 1 aliphatic rings. The predicted molar refractivity (Wildman–Crippen MR) is 83.5 cm³/mol. The zero-order chi connectivity index (χ0) is 14.9. The molecule has 1 heterocycles. The number of nitrogens with one attached hydrogen (secondary N) is 1. The maximum Gasteiger partial charge on any atom is 0.261 e. The normalized spacial score (nSPS) is 16.8. The van der Waals surface area contributed by atoms with E-state index in [1.54, 1.807) is 0 Å². The molecule has 1 aliphatic carbocycles. The van der Waals surface area contributed by atoms with E-state index in [0.717, 1.165) is 11.5 Å². The topological polar surface area (TPSA) is 90.4 Å². The fourth-order valence-corrected chi connectivity index (χ4v) is 3.23. The van der Waals surface area contributed by atoms with Gasteiger partial charge >= 0.3 is 0 Å². The first-order valence-electron chi connectivity index (χ1n) is 6.95. The van der Waals surface area contributed by atoms with Crippen molar-refractivity contribution in [2.75, 3.05) is 17.6 Å². The zero-order valence-electron chi connectivity index (χ0n) is 12.3. The molecule has 112 valence electrons. The Balaban J connectivity index is 2.20. The second-order valence-electron chi connectivity index (χ2n) is 6.05. The van der Waals surface area contributed by atoms with Crippen LogP contribution in [0.4, 0.5) is 10.7 Å². The molecule has 0 bridgehead atoms. The first kappa shape index (κ1) is 15.0. The Morgan fingerprint density at radius 2 is 2.15 bits per heavy atom. The van der Waals surface area contributed by atoms with Crippen molar-refractivity contribution in [3.8, 4) is 5.75 Å². The number of primary amides is 1. The Morgan fingerprint density at radius 3 is 2.60 bits per heavy atom. The van der Waals surface area contributed by atoms with Crippen molar-refractivity contribution in [2.45, 2.75) is 46.1 Å². The lowest BCUT2D eigenvalue weighted by molar-refractivity contribution is 0.100. The Hall–Kier alpha value is -1.43. The molecule has 0 aliphatic heterocycles. The molecule has 20 heavy (non-hydrogen) atoms. The molecule has 0 saturated heterocycles.